The summed E-state index contributed by atoms with van der Waals surface area (Å²) in [4.78, 5) is 26.5. The molecular formula is C28H33N7O2. The number of aliphatic imine (C=N–C) groups is 1. The molecule has 3 N–H and O–H groups in total. The van der Waals surface area contributed by atoms with Gasteiger partial charge in [-0.15, -0.1) is 0 Å². The Morgan fingerprint density at radius 1 is 1.27 bits per heavy atom. The molecule has 1 aliphatic heterocycles. The standard InChI is InChI=1S/C28H33N7O2/c1-5-21(14-20(4)37-17-26(36)32-22-12-13-29-16-22)27-33-25-9-7-6-8-23(25)28(34-27)31-19(3)10-11-24-18(2)15-30-35-24/h5-11,14-15,22,29H,12-13,16-17H2,1-4H3,(H,30,35)(H,32,36)/b11-10-,20-14+,21-5+,31-19?. The third-order valence-electron chi connectivity index (χ3n) is 6.01. The summed E-state index contributed by atoms with van der Waals surface area (Å²) < 4.78 is 5.71. The Morgan fingerprint density at radius 2 is 2.11 bits per heavy atom. The smallest absolute Gasteiger partial charge is 0.258 e. The molecule has 3 aromatic rings. The van der Waals surface area contributed by atoms with Crippen molar-refractivity contribution in [3.63, 3.8) is 0 Å². The topological polar surface area (TPSA) is 117 Å². The monoisotopic (exact) mass is 499 g/mol. The molecule has 0 bridgehead atoms. The average Bonchev–Trinajstić information content (AvgIpc) is 3.56. The zero-order chi connectivity index (χ0) is 26.2. The molecule has 9 nitrogen and oxygen atoms in total. The van der Waals surface area contributed by atoms with Crippen LogP contribution in [0.2, 0.25) is 0 Å². The molecule has 1 unspecified atom stereocenters. The normalized spacial score (nSPS) is 17.1. The van der Waals surface area contributed by atoms with E-state index in [1.165, 1.54) is 0 Å². The van der Waals surface area contributed by atoms with Crippen LogP contribution in [0.5, 0.6) is 0 Å². The number of benzene rings is 1. The molecule has 1 aliphatic rings. The molecule has 1 saturated heterocycles. The number of allylic oxidation sites excluding steroid dienone is 5. The number of amides is 1. The summed E-state index contributed by atoms with van der Waals surface area (Å²) in [7, 11) is 0. The SMILES string of the molecule is C/C=C(\C=C(/C)OCC(=O)NC1CCNC1)c1nc(N=C(C)/C=C\c2[nH]ncc2C)c2ccccc2n1. The van der Waals surface area contributed by atoms with Gasteiger partial charge in [0.05, 0.1) is 23.2 Å². The molecule has 0 radical (unpaired) electrons. The average molecular weight is 500 g/mol. The number of rotatable bonds is 9. The number of hydrogen-bond donors (Lipinski definition) is 3. The van der Waals surface area contributed by atoms with Gasteiger partial charge < -0.3 is 15.4 Å². The highest BCUT2D eigenvalue weighted by Gasteiger charge is 2.17. The van der Waals surface area contributed by atoms with Crippen LogP contribution in [-0.4, -0.2) is 57.5 Å². The Labute approximate surface area is 216 Å². The van der Waals surface area contributed by atoms with Crippen molar-refractivity contribution in [2.45, 2.75) is 40.2 Å². The Morgan fingerprint density at radius 3 is 2.84 bits per heavy atom. The lowest BCUT2D eigenvalue weighted by atomic mass is 10.1. The number of aromatic nitrogens is 4. The minimum atomic E-state index is -0.129. The van der Waals surface area contributed by atoms with Crippen LogP contribution in [-0.2, 0) is 9.53 Å². The van der Waals surface area contributed by atoms with E-state index in [0.29, 0.717) is 17.4 Å². The van der Waals surface area contributed by atoms with Crippen molar-refractivity contribution in [3.8, 4) is 0 Å². The molecular weight excluding hydrogens is 466 g/mol. The number of aryl methyl sites for hydroxylation is 1. The Kier molecular flexibility index (Phi) is 8.58. The Hall–Kier alpha value is -4.11. The fourth-order valence-electron chi connectivity index (χ4n) is 3.97. The molecule has 1 atom stereocenters. The minimum Gasteiger partial charge on any atom is -0.488 e. The zero-order valence-electron chi connectivity index (χ0n) is 21.7. The van der Waals surface area contributed by atoms with E-state index < -0.39 is 0 Å². The number of fused-ring (bicyclic) bond motifs is 1. The maximum absolute atomic E-state index is 12.2. The molecule has 192 valence electrons. The molecule has 0 aliphatic carbocycles. The summed E-state index contributed by atoms with van der Waals surface area (Å²) in [5, 5.41) is 14.1. The number of carbonyl (C=O) groups excluding carboxylic acids is 1. The van der Waals surface area contributed by atoms with E-state index in [1.807, 2.05) is 76.3 Å². The van der Waals surface area contributed by atoms with Crippen molar-refractivity contribution in [1.29, 1.82) is 0 Å². The van der Waals surface area contributed by atoms with Crippen LogP contribution in [0, 0.1) is 6.92 Å². The number of ether oxygens (including phenoxy) is 1. The van der Waals surface area contributed by atoms with E-state index >= 15 is 0 Å². The number of hydrogen-bond acceptors (Lipinski definition) is 7. The maximum atomic E-state index is 12.2. The molecule has 4 rings (SSSR count). The van der Waals surface area contributed by atoms with Gasteiger partial charge in [-0.3, -0.25) is 9.89 Å². The van der Waals surface area contributed by atoms with Gasteiger partial charge in [0.1, 0.15) is 0 Å². The first-order chi connectivity index (χ1) is 17.9. The molecule has 2 aromatic heterocycles. The van der Waals surface area contributed by atoms with Gasteiger partial charge in [0.15, 0.2) is 18.2 Å². The van der Waals surface area contributed by atoms with E-state index in [4.69, 9.17) is 19.7 Å². The van der Waals surface area contributed by atoms with Crippen molar-refractivity contribution in [2.75, 3.05) is 19.7 Å². The van der Waals surface area contributed by atoms with Gasteiger partial charge in [-0.05, 0) is 76.6 Å². The van der Waals surface area contributed by atoms with Crippen molar-refractivity contribution in [3.05, 3.63) is 71.5 Å². The fourth-order valence-corrected chi connectivity index (χ4v) is 3.97. The lowest BCUT2D eigenvalue weighted by Crippen LogP contribution is -2.38. The third kappa shape index (κ3) is 6.98. The van der Waals surface area contributed by atoms with Crippen LogP contribution in [0.25, 0.3) is 22.6 Å². The largest absolute Gasteiger partial charge is 0.488 e. The molecule has 1 fully saturated rings. The molecule has 9 heteroatoms. The second-order valence-electron chi connectivity index (χ2n) is 8.99. The van der Waals surface area contributed by atoms with Gasteiger partial charge >= 0.3 is 0 Å². The zero-order valence-corrected chi connectivity index (χ0v) is 21.7. The van der Waals surface area contributed by atoms with E-state index in [1.54, 1.807) is 6.20 Å². The van der Waals surface area contributed by atoms with E-state index in [9.17, 15) is 4.79 Å². The highest BCUT2D eigenvalue weighted by Crippen LogP contribution is 2.26. The number of nitrogens with zero attached hydrogens (tertiary/aromatic N) is 4. The van der Waals surface area contributed by atoms with Crippen LogP contribution in [0.4, 0.5) is 5.82 Å². The lowest BCUT2D eigenvalue weighted by Gasteiger charge is -2.12. The summed E-state index contributed by atoms with van der Waals surface area (Å²) >= 11 is 0. The van der Waals surface area contributed by atoms with E-state index in [2.05, 4.69) is 20.8 Å². The summed E-state index contributed by atoms with van der Waals surface area (Å²) in [6, 6.07) is 7.97. The van der Waals surface area contributed by atoms with Gasteiger partial charge in [0.2, 0.25) is 0 Å². The summed E-state index contributed by atoms with van der Waals surface area (Å²) in [6.07, 6.45) is 10.4. The highest BCUT2D eigenvalue weighted by atomic mass is 16.5. The predicted molar refractivity (Wildman–Crippen MR) is 147 cm³/mol. The fraction of sp³-hybridized carbons (Fsp3) is 0.321. The first-order valence-electron chi connectivity index (χ1n) is 12.4. The first kappa shape index (κ1) is 26.0. The first-order valence-corrected chi connectivity index (χ1v) is 12.4. The van der Waals surface area contributed by atoms with Crippen molar-refractivity contribution in [2.24, 2.45) is 4.99 Å². The third-order valence-corrected chi connectivity index (χ3v) is 6.01. The minimum absolute atomic E-state index is 0.0364. The molecule has 3 heterocycles. The molecule has 0 saturated carbocycles. The van der Waals surface area contributed by atoms with Crippen molar-refractivity contribution >= 4 is 40.0 Å². The summed E-state index contributed by atoms with van der Waals surface area (Å²) in [6.45, 7) is 9.35. The van der Waals surface area contributed by atoms with Crippen molar-refractivity contribution < 1.29 is 9.53 Å². The van der Waals surface area contributed by atoms with Crippen LogP contribution < -0.4 is 10.6 Å². The summed E-state index contributed by atoms with van der Waals surface area (Å²) in [5.41, 5.74) is 4.37. The van der Waals surface area contributed by atoms with Gasteiger partial charge in [-0.2, -0.15) is 5.10 Å². The number of para-hydroxylation sites is 1. The molecule has 1 amide bonds. The van der Waals surface area contributed by atoms with Gasteiger partial charge in [-0.1, -0.05) is 18.2 Å². The highest BCUT2D eigenvalue weighted by molar-refractivity contribution is 6.00. The van der Waals surface area contributed by atoms with E-state index in [0.717, 1.165) is 53.0 Å². The number of nitrogens with one attached hydrogen (secondary N) is 3. The number of H-pyrrole nitrogens is 1. The second-order valence-corrected chi connectivity index (χ2v) is 8.99. The predicted octanol–water partition coefficient (Wildman–Crippen LogP) is 4.27. The van der Waals surface area contributed by atoms with Crippen LogP contribution in [0.15, 0.2) is 59.4 Å². The molecule has 0 spiro atoms. The van der Waals surface area contributed by atoms with Crippen LogP contribution in [0.1, 0.15) is 44.3 Å². The Bertz CT molecular complexity index is 1380. The maximum Gasteiger partial charge on any atom is 0.258 e. The Balaban J connectivity index is 1.54. The van der Waals surface area contributed by atoms with Gasteiger partial charge in [0, 0.05) is 29.3 Å². The van der Waals surface area contributed by atoms with Gasteiger partial charge in [-0.25, -0.2) is 15.0 Å². The molecule has 1 aromatic carbocycles. The molecule has 37 heavy (non-hydrogen) atoms. The van der Waals surface area contributed by atoms with Gasteiger partial charge in [0.25, 0.3) is 5.91 Å². The summed E-state index contributed by atoms with van der Waals surface area (Å²) in [5.74, 6) is 1.59. The van der Waals surface area contributed by atoms with Crippen molar-refractivity contribution in [1.82, 2.24) is 30.8 Å². The second kappa shape index (κ2) is 12.2. The van der Waals surface area contributed by atoms with Crippen LogP contribution >= 0.6 is 0 Å². The van der Waals surface area contributed by atoms with Crippen LogP contribution in [0.3, 0.4) is 0 Å². The van der Waals surface area contributed by atoms with E-state index in [-0.39, 0.29) is 18.6 Å². The number of aromatic amines is 1. The quantitative estimate of drug-likeness (QED) is 0.230. The lowest BCUT2D eigenvalue weighted by molar-refractivity contribution is -0.125. The number of carbonyl (C=O) groups is 1.